The van der Waals surface area contributed by atoms with E-state index in [0.29, 0.717) is 34.9 Å². The summed E-state index contributed by atoms with van der Waals surface area (Å²) in [6.07, 6.45) is 1.58. The molecular weight excluding hydrogens is 590 g/mol. The Morgan fingerprint density at radius 1 is 0.867 bits per heavy atom. The fourth-order valence-electron chi connectivity index (χ4n) is 4.16. The molecule has 4 N–H and O–H groups in total. The van der Waals surface area contributed by atoms with Gasteiger partial charge in [0.15, 0.2) is 0 Å². The van der Waals surface area contributed by atoms with Crippen LogP contribution in [0.25, 0.3) is 6.08 Å². The number of rotatable bonds is 12. The number of aryl methyl sites for hydroxylation is 1. The molecule has 0 aromatic heterocycles. The first kappa shape index (κ1) is 32.6. The molecule has 0 saturated carbocycles. The summed E-state index contributed by atoms with van der Waals surface area (Å²) in [5, 5.41) is 17.1. The number of carboxylic acid groups (broad SMARTS) is 1. The molecule has 9 nitrogen and oxygen atoms in total. The number of hydrogen-bond donors (Lipinski definition) is 4. The van der Waals surface area contributed by atoms with Gasteiger partial charge in [0.25, 0.3) is 11.8 Å². The molecule has 1 atom stereocenters. The van der Waals surface area contributed by atoms with Crippen molar-refractivity contribution < 1.29 is 29.0 Å². The Morgan fingerprint density at radius 2 is 1.60 bits per heavy atom. The molecule has 0 heterocycles. The van der Waals surface area contributed by atoms with Crippen molar-refractivity contribution in [3.05, 3.63) is 125 Å². The highest BCUT2D eigenvalue weighted by atomic mass is 32.2. The summed E-state index contributed by atoms with van der Waals surface area (Å²) in [7, 11) is 0. The Bertz CT molecular complexity index is 1720. The van der Waals surface area contributed by atoms with E-state index in [1.165, 1.54) is 23.9 Å². The Kier molecular flexibility index (Phi) is 11.1. The molecule has 0 spiro atoms. The van der Waals surface area contributed by atoms with E-state index in [1.54, 1.807) is 98.8 Å². The van der Waals surface area contributed by atoms with E-state index in [4.69, 9.17) is 4.74 Å². The van der Waals surface area contributed by atoms with Gasteiger partial charge in [0.1, 0.15) is 11.4 Å². The van der Waals surface area contributed by atoms with Crippen LogP contribution >= 0.6 is 11.8 Å². The summed E-state index contributed by atoms with van der Waals surface area (Å²) in [5.74, 6) is -1.66. The molecule has 4 rings (SSSR count). The Labute approximate surface area is 265 Å². The third-order valence-electron chi connectivity index (χ3n) is 6.55. The SMILES string of the molecule is CCOc1ccc(/C=C(/NC(=O)c2ccccc2)C(=O)Nc2cccc(SC(C)C(=O)Nc3cc(C(=O)O)ccc3C)c2)cc1. The summed E-state index contributed by atoms with van der Waals surface area (Å²) in [6.45, 7) is 5.93. The molecule has 0 saturated heterocycles. The van der Waals surface area contributed by atoms with Gasteiger partial charge in [0.05, 0.1) is 17.4 Å². The fourth-order valence-corrected chi connectivity index (χ4v) is 5.09. The molecule has 1 unspecified atom stereocenters. The maximum atomic E-state index is 13.5. The molecule has 3 amide bonds. The maximum Gasteiger partial charge on any atom is 0.335 e. The van der Waals surface area contributed by atoms with Crippen molar-refractivity contribution in [1.82, 2.24) is 5.32 Å². The Balaban J connectivity index is 1.48. The van der Waals surface area contributed by atoms with E-state index in [-0.39, 0.29) is 17.2 Å². The second-order valence-electron chi connectivity index (χ2n) is 9.95. The summed E-state index contributed by atoms with van der Waals surface area (Å²) in [6, 6.07) is 27.3. The van der Waals surface area contributed by atoms with Crippen LogP contribution in [0.15, 0.2) is 108 Å². The molecule has 0 aliphatic carbocycles. The average molecular weight is 624 g/mol. The van der Waals surface area contributed by atoms with E-state index < -0.39 is 23.0 Å². The van der Waals surface area contributed by atoms with Gasteiger partial charge in [0, 0.05) is 21.8 Å². The maximum absolute atomic E-state index is 13.5. The minimum absolute atomic E-state index is 0.0396. The number of anilines is 2. The van der Waals surface area contributed by atoms with Gasteiger partial charge in [-0.05, 0) is 92.6 Å². The first-order valence-electron chi connectivity index (χ1n) is 14.2. The van der Waals surface area contributed by atoms with E-state index in [9.17, 15) is 24.3 Å². The van der Waals surface area contributed by atoms with Gasteiger partial charge in [0.2, 0.25) is 5.91 Å². The van der Waals surface area contributed by atoms with Crippen LogP contribution in [-0.2, 0) is 9.59 Å². The number of carbonyl (C=O) groups excluding carboxylic acids is 3. The van der Waals surface area contributed by atoms with Crippen molar-refractivity contribution in [2.24, 2.45) is 0 Å². The van der Waals surface area contributed by atoms with Crippen LogP contribution in [0.5, 0.6) is 5.75 Å². The molecule has 10 heteroatoms. The second-order valence-corrected chi connectivity index (χ2v) is 11.4. The molecule has 0 bridgehead atoms. The summed E-state index contributed by atoms with van der Waals surface area (Å²) < 4.78 is 5.50. The highest BCUT2D eigenvalue weighted by Crippen LogP contribution is 2.28. The summed E-state index contributed by atoms with van der Waals surface area (Å²) in [5.41, 5.74) is 2.84. The molecule has 0 aliphatic rings. The van der Waals surface area contributed by atoms with E-state index >= 15 is 0 Å². The highest BCUT2D eigenvalue weighted by molar-refractivity contribution is 8.00. The minimum atomic E-state index is -1.08. The summed E-state index contributed by atoms with van der Waals surface area (Å²) in [4.78, 5) is 51.4. The number of carbonyl (C=O) groups is 4. The van der Waals surface area contributed by atoms with Crippen LogP contribution in [0.2, 0.25) is 0 Å². The zero-order valence-corrected chi connectivity index (χ0v) is 25.8. The molecule has 0 aliphatic heterocycles. The van der Waals surface area contributed by atoms with Gasteiger partial charge in [-0.25, -0.2) is 4.79 Å². The first-order chi connectivity index (χ1) is 21.6. The smallest absolute Gasteiger partial charge is 0.335 e. The van der Waals surface area contributed by atoms with Gasteiger partial charge in [-0.1, -0.05) is 42.5 Å². The summed E-state index contributed by atoms with van der Waals surface area (Å²) >= 11 is 1.28. The number of amides is 3. The lowest BCUT2D eigenvalue weighted by Gasteiger charge is -2.15. The van der Waals surface area contributed by atoms with E-state index in [1.807, 2.05) is 13.0 Å². The average Bonchev–Trinajstić information content (AvgIpc) is 3.03. The quantitative estimate of drug-likeness (QED) is 0.103. The van der Waals surface area contributed by atoms with Gasteiger partial charge in [-0.15, -0.1) is 11.8 Å². The van der Waals surface area contributed by atoms with E-state index in [2.05, 4.69) is 16.0 Å². The normalized spacial score (nSPS) is 11.7. The predicted molar refractivity (Wildman–Crippen MR) is 177 cm³/mol. The number of aromatic carboxylic acids is 1. The van der Waals surface area contributed by atoms with Gasteiger partial charge in [-0.2, -0.15) is 0 Å². The molecule has 230 valence electrons. The topological polar surface area (TPSA) is 134 Å². The molecule has 0 radical (unpaired) electrons. The van der Waals surface area contributed by atoms with Crippen molar-refractivity contribution in [3.63, 3.8) is 0 Å². The molecule has 4 aromatic carbocycles. The third kappa shape index (κ3) is 9.32. The minimum Gasteiger partial charge on any atom is -0.494 e. The predicted octanol–water partition coefficient (Wildman–Crippen LogP) is 6.62. The van der Waals surface area contributed by atoms with Crippen LogP contribution in [0.1, 0.15) is 45.7 Å². The zero-order chi connectivity index (χ0) is 32.3. The van der Waals surface area contributed by atoms with Gasteiger partial charge >= 0.3 is 5.97 Å². The lowest BCUT2D eigenvalue weighted by atomic mass is 10.1. The Morgan fingerprint density at radius 3 is 2.29 bits per heavy atom. The van der Waals surface area contributed by atoms with Crippen LogP contribution < -0.4 is 20.7 Å². The number of thioether (sulfide) groups is 1. The number of benzene rings is 4. The Hall–Kier alpha value is -5.35. The van der Waals surface area contributed by atoms with Gasteiger partial charge in [-0.3, -0.25) is 14.4 Å². The van der Waals surface area contributed by atoms with Crippen LogP contribution in [0, 0.1) is 6.92 Å². The fraction of sp³-hybridized carbons (Fsp3) is 0.143. The van der Waals surface area contributed by atoms with Gasteiger partial charge < -0.3 is 25.8 Å². The van der Waals surface area contributed by atoms with Crippen molar-refractivity contribution in [2.45, 2.75) is 30.9 Å². The molecule has 0 fully saturated rings. The first-order valence-corrected chi connectivity index (χ1v) is 15.0. The highest BCUT2D eigenvalue weighted by Gasteiger charge is 2.18. The number of carboxylic acids is 1. The number of ether oxygens (including phenoxy) is 1. The number of hydrogen-bond acceptors (Lipinski definition) is 6. The van der Waals surface area contributed by atoms with Crippen molar-refractivity contribution in [2.75, 3.05) is 17.2 Å². The zero-order valence-electron chi connectivity index (χ0n) is 25.0. The number of nitrogens with one attached hydrogen (secondary N) is 3. The largest absolute Gasteiger partial charge is 0.494 e. The van der Waals surface area contributed by atoms with Crippen molar-refractivity contribution in [3.8, 4) is 5.75 Å². The lowest BCUT2D eigenvalue weighted by Crippen LogP contribution is -2.30. The van der Waals surface area contributed by atoms with Crippen LogP contribution in [0.4, 0.5) is 11.4 Å². The third-order valence-corrected chi connectivity index (χ3v) is 7.64. The van der Waals surface area contributed by atoms with Crippen LogP contribution in [0.3, 0.4) is 0 Å². The molecular formula is C35H33N3O6S. The van der Waals surface area contributed by atoms with E-state index in [0.717, 1.165) is 10.5 Å². The molecule has 4 aromatic rings. The molecule has 45 heavy (non-hydrogen) atoms. The van der Waals surface area contributed by atoms with Crippen molar-refractivity contribution >= 4 is 52.9 Å². The standard InChI is InChI=1S/C35H33N3O6S/c1-4-44-28-17-14-24(15-18-28)19-31(38-33(40)25-9-6-5-7-10-25)34(41)36-27-11-8-12-29(21-27)45-23(3)32(39)37-30-20-26(35(42)43)16-13-22(30)2/h5-21,23H,4H2,1-3H3,(H,36,41)(H,37,39)(H,38,40)(H,42,43)/b31-19+. The second kappa shape index (κ2) is 15.4. The lowest BCUT2D eigenvalue weighted by molar-refractivity contribution is -0.115. The van der Waals surface area contributed by atoms with Crippen LogP contribution in [-0.4, -0.2) is 40.7 Å². The monoisotopic (exact) mass is 623 g/mol. The van der Waals surface area contributed by atoms with Crippen molar-refractivity contribution in [1.29, 1.82) is 0 Å².